The van der Waals surface area contributed by atoms with Crippen LogP contribution in [0.1, 0.15) is 11.3 Å². The highest BCUT2D eigenvalue weighted by atomic mass is 32.1. The summed E-state index contributed by atoms with van der Waals surface area (Å²) in [5, 5.41) is 0.328. The predicted octanol–water partition coefficient (Wildman–Crippen LogP) is 5.26. The standard InChI is InChI=1S/C25H17F8N3O5S/c1-12-3-5-16(40-10-20(38)41-11-23(26,27)25(31,32)33)14(7-12)21-15-8-13(4-6-17(15)42-34-21)36-19(37)9-18(24(28,29)30)35(2)22(36)39/h3-9H,10-11H2,1-2H3. The van der Waals surface area contributed by atoms with Gasteiger partial charge in [-0.05, 0) is 48.8 Å². The summed E-state index contributed by atoms with van der Waals surface area (Å²) in [4.78, 5) is 37.2. The van der Waals surface area contributed by atoms with Gasteiger partial charge in [0.1, 0.15) is 11.4 Å². The van der Waals surface area contributed by atoms with Crippen LogP contribution in [0.5, 0.6) is 5.75 Å². The summed E-state index contributed by atoms with van der Waals surface area (Å²) in [6.45, 7) is -1.58. The summed E-state index contributed by atoms with van der Waals surface area (Å²) in [5.74, 6) is -6.81. The van der Waals surface area contributed by atoms with Crippen LogP contribution >= 0.6 is 11.5 Å². The Bertz CT molecular complexity index is 1790. The van der Waals surface area contributed by atoms with E-state index < -0.39 is 54.4 Å². The highest BCUT2D eigenvalue weighted by Gasteiger charge is 2.58. The van der Waals surface area contributed by atoms with Crippen LogP contribution < -0.4 is 16.0 Å². The number of alkyl halides is 8. The summed E-state index contributed by atoms with van der Waals surface area (Å²) < 4.78 is 118. The van der Waals surface area contributed by atoms with Crippen LogP contribution in [0.4, 0.5) is 35.1 Å². The highest BCUT2D eigenvalue weighted by molar-refractivity contribution is 7.13. The first-order chi connectivity index (χ1) is 19.4. The minimum Gasteiger partial charge on any atom is -0.481 e. The third kappa shape index (κ3) is 6.00. The Hall–Kier alpha value is -4.28. The number of fused-ring (bicyclic) bond motifs is 1. The first-order valence-electron chi connectivity index (χ1n) is 11.5. The fraction of sp³-hybridized carbons (Fsp3) is 0.280. The Morgan fingerprint density at radius 1 is 0.976 bits per heavy atom. The van der Waals surface area contributed by atoms with E-state index in [2.05, 4.69) is 9.11 Å². The van der Waals surface area contributed by atoms with Gasteiger partial charge < -0.3 is 9.47 Å². The molecule has 0 fully saturated rings. The number of carbonyl (C=O) groups is 1. The molecule has 0 saturated carbocycles. The Morgan fingerprint density at radius 3 is 2.31 bits per heavy atom. The topological polar surface area (TPSA) is 92.4 Å². The summed E-state index contributed by atoms with van der Waals surface area (Å²) in [6, 6.07) is 8.92. The largest absolute Gasteiger partial charge is 0.481 e. The van der Waals surface area contributed by atoms with Crippen molar-refractivity contribution >= 4 is 27.6 Å². The van der Waals surface area contributed by atoms with E-state index in [1.54, 1.807) is 19.1 Å². The van der Waals surface area contributed by atoms with Gasteiger partial charge in [0, 0.05) is 24.1 Å². The number of aromatic nitrogens is 3. The third-order valence-corrected chi connectivity index (χ3v) is 6.71. The fourth-order valence-corrected chi connectivity index (χ4v) is 4.55. The normalized spacial score (nSPS) is 12.5. The molecule has 0 aliphatic rings. The lowest BCUT2D eigenvalue weighted by molar-refractivity contribution is -0.294. The molecule has 4 aromatic rings. The van der Waals surface area contributed by atoms with Crippen molar-refractivity contribution in [3.05, 3.63) is 74.6 Å². The first-order valence-corrected chi connectivity index (χ1v) is 12.3. The second-order valence-corrected chi connectivity index (χ2v) is 9.71. The Morgan fingerprint density at radius 2 is 1.67 bits per heavy atom. The molecule has 2 heterocycles. The molecule has 2 aromatic carbocycles. The molecule has 0 saturated heterocycles. The number of hydrogen-bond acceptors (Lipinski definition) is 7. The van der Waals surface area contributed by atoms with Gasteiger partial charge in [-0.2, -0.15) is 39.5 Å². The maximum absolute atomic E-state index is 13.2. The summed E-state index contributed by atoms with van der Waals surface area (Å²) >= 11 is 0.976. The Balaban J connectivity index is 1.69. The van der Waals surface area contributed by atoms with Crippen molar-refractivity contribution in [1.82, 2.24) is 13.5 Å². The number of hydrogen-bond donors (Lipinski definition) is 0. The van der Waals surface area contributed by atoms with Crippen LogP contribution in [-0.4, -0.2) is 44.8 Å². The number of aryl methyl sites for hydroxylation is 1. The number of rotatable bonds is 7. The molecule has 0 bridgehead atoms. The number of nitrogens with zero attached hydrogens (tertiary/aromatic N) is 3. The highest BCUT2D eigenvalue weighted by Crippen LogP contribution is 2.38. The SMILES string of the molecule is Cc1ccc(OCC(=O)OCC(F)(F)C(F)(F)F)c(-c2nsc3ccc(-n4c(=O)cc(C(F)(F)F)n(C)c4=O)cc23)c1. The van der Waals surface area contributed by atoms with E-state index in [1.807, 2.05) is 0 Å². The quantitative estimate of drug-likeness (QED) is 0.206. The number of carbonyl (C=O) groups excluding carboxylic acids is 1. The average molecular weight is 623 g/mol. The number of benzene rings is 2. The van der Waals surface area contributed by atoms with Crippen molar-refractivity contribution in [3.8, 4) is 22.7 Å². The van der Waals surface area contributed by atoms with Crippen LogP contribution in [0.2, 0.25) is 0 Å². The van der Waals surface area contributed by atoms with Gasteiger partial charge in [-0.25, -0.2) is 14.2 Å². The van der Waals surface area contributed by atoms with Gasteiger partial charge >= 0.3 is 29.9 Å². The van der Waals surface area contributed by atoms with Crippen LogP contribution in [0.25, 0.3) is 27.0 Å². The molecule has 17 heteroatoms. The van der Waals surface area contributed by atoms with E-state index in [1.165, 1.54) is 24.3 Å². The van der Waals surface area contributed by atoms with Gasteiger partial charge in [-0.1, -0.05) is 11.6 Å². The molecule has 0 atom stereocenters. The van der Waals surface area contributed by atoms with Gasteiger partial charge in [0.05, 0.1) is 16.1 Å². The zero-order valence-corrected chi connectivity index (χ0v) is 22.1. The zero-order chi connectivity index (χ0) is 31.2. The first kappa shape index (κ1) is 30.7. The Kier molecular flexibility index (Phi) is 7.92. The molecular formula is C25H17F8N3O5S. The maximum Gasteiger partial charge on any atom is 0.456 e. The van der Waals surface area contributed by atoms with Gasteiger partial charge in [-0.15, -0.1) is 0 Å². The van der Waals surface area contributed by atoms with Gasteiger partial charge in [0.15, 0.2) is 13.2 Å². The molecular weight excluding hydrogens is 606 g/mol. The minimum atomic E-state index is -5.92. The van der Waals surface area contributed by atoms with Crippen LogP contribution in [0, 0.1) is 6.92 Å². The molecule has 2 aromatic heterocycles. The van der Waals surface area contributed by atoms with Gasteiger partial charge in [0.25, 0.3) is 5.56 Å². The van der Waals surface area contributed by atoms with Gasteiger partial charge in [-0.3, -0.25) is 9.36 Å². The van der Waals surface area contributed by atoms with Crippen molar-refractivity contribution in [3.63, 3.8) is 0 Å². The number of ether oxygens (including phenoxy) is 2. The maximum atomic E-state index is 13.2. The van der Waals surface area contributed by atoms with E-state index in [0.717, 1.165) is 18.6 Å². The summed E-state index contributed by atoms with van der Waals surface area (Å²) in [7, 11) is 0.864. The molecule has 4 rings (SSSR count). The second kappa shape index (κ2) is 10.8. The molecule has 224 valence electrons. The molecule has 0 amide bonds. The lowest BCUT2D eigenvalue weighted by atomic mass is 10.0. The van der Waals surface area contributed by atoms with E-state index >= 15 is 0 Å². The second-order valence-electron chi connectivity index (χ2n) is 8.91. The summed E-state index contributed by atoms with van der Waals surface area (Å²) in [5.41, 5.74) is -2.90. The van der Waals surface area contributed by atoms with Crippen LogP contribution in [0.15, 0.2) is 52.1 Å². The molecule has 8 nitrogen and oxygen atoms in total. The fourth-order valence-electron chi connectivity index (χ4n) is 3.78. The average Bonchev–Trinajstić information content (AvgIpc) is 3.31. The van der Waals surface area contributed by atoms with E-state index in [4.69, 9.17) is 4.74 Å². The number of esters is 1. The van der Waals surface area contributed by atoms with Crippen molar-refractivity contribution in [2.75, 3.05) is 13.2 Å². The molecule has 0 aliphatic carbocycles. The predicted molar refractivity (Wildman–Crippen MR) is 133 cm³/mol. The van der Waals surface area contributed by atoms with E-state index in [0.29, 0.717) is 20.2 Å². The minimum absolute atomic E-state index is 0.0413. The van der Waals surface area contributed by atoms with Crippen molar-refractivity contribution < 1.29 is 49.4 Å². The van der Waals surface area contributed by atoms with Crippen LogP contribution in [-0.2, 0) is 22.8 Å². The monoisotopic (exact) mass is 623 g/mol. The molecule has 0 unspecified atom stereocenters. The van der Waals surface area contributed by atoms with Crippen molar-refractivity contribution in [2.45, 2.75) is 25.2 Å². The zero-order valence-electron chi connectivity index (χ0n) is 21.3. The molecule has 42 heavy (non-hydrogen) atoms. The van der Waals surface area contributed by atoms with Gasteiger partial charge in [0.2, 0.25) is 0 Å². The Labute approximate surface area is 233 Å². The van der Waals surface area contributed by atoms with Crippen LogP contribution in [0.3, 0.4) is 0 Å². The molecule has 0 N–H and O–H groups in total. The summed E-state index contributed by atoms with van der Waals surface area (Å²) in [6.07, 6.45) is -10.9. The molecule has 0 spiro atoms. The third-order valence-electron chi connectivity index (χ3n) is 5.89. The lowest BCUT2D eigenvalue weighted by Crippen LogP contribution is -2.41. The molecule has 0 radical (unpaired) electrons. The van der Waals surface area contributed by atoms with Crippen molar-refractivity contribution in [2.24, 2.45) is 7.05 Å². The van der Waals surface area contributed by atoms with E-state index in [-0.39, 0.29) is 33.3 Å². The smallest absolute Gasteiger partial charge is 0.456 e. The van der Waals surface area contributed by atoms with Crippen molar-refractivity contribution in [1.29, 1.82) is 0 Å². The molecule has 0 aliphatic heterocycles. The lowest BCUT2D eigenvalue weighted by Gasteiger charge is -2.19. The van der Waals surface area contributed by atoms with E-state index in [9.17, 15) is 49.5 Å². The number of halogens is 8.